The fourth-order valence-electron chi connectivity index (χ4n) is 1.83. The van der Waals surface area contributed by atoms with Gasteiger partial charge in [-0.25, -0.2) is 4.79 Å². The Morgan fingerprint density at radius 1 is 1.00 bits per heavy atom. The van der Waals surface area contributed by atoms with Gasteiger partial charge in [-0.05, 0) is 48.9 Å². The highest BCUT2D eigenvalue weighted by molar-refractivity contribution is 5.91. The molecule has 0 aromatic heterocycles. The molecule has 2 rings (SSSR count). The van der Waals surface area contributed by atoms with Crippen molar-refractivity contribution < 1.29 is 24.2 Å². The predicted octanol–water partition coefficient (Wildman–Crippen LogP) is 2.48. The number of amides is 1. The van der Waals surface area contributed by atoms with Gasteiger partial charge in [0.25, 0.3) is 5.91 Å². The molecule has 23 heavy (non-hydrogen) atoms. The largest absolute Gasteiger partial charge is 0.484 e. The van der Waals surface area contributed by atoms with Crippen LogP contribution in [0.3, 0.4) is 0 Å². The number of hydrogen-bond acceptors (Lipinski definition) is 4. The van der Waals surface area contributed by atoms with Gasteiger partial charge in [-0.1, -0.05) is 12.1 Å². The minimum atomic E-state index is -1.05. The molecule has 0 saturated heterocycles. The number of carbonyl (C=O) groups is 2. The van der Waals surface area contributed by atoms with E-state index in [-0.39, 0.29) is 12.5 Å². The van der Waals surface area contributed by atoms with Crippen LogP contribution < -0.4 is 14.8 Å². The van der Waals surface area contributed by atoms with E-state index in [9.17, 15) is 9.59 Å². The van der Waals surface area contributed by atoms with Gasteiger partial charge in [0.1, 0.15) is 11.5 Å². The molecule has 0 aliphatic heterocycles. The zero-order valence-corrected chi connectivity index (χ0v) is 12.6. The molecule has 0 spiro atoms. The Kier molecular flexibility index (Phi) is 5.57. The monoisotopic (exact) mass is 315 g/mol. The molecule has 2 N–H and O–H groups in total. The van der Waals surface area contributed by atoms with Crippen LogP contribution in [0.25, 0.3) is 0 Å². The van der Waals surface area contributed by atoms with Crippen molar-refractivity contribution in [3.05, 3.63) is 54.1 Å². The number of carboxylic acid groups (broad SMARTS) is 1. The van der Waals surface area contributed by atoms with Crippen molar-refractivity contribution in [1.82, 2.24) is 0 Å². The maximum atomic E-state index is 11.8. The van der Waals surface area contributed by atoms with Gasteiger partial charge in [-0.2, -0.15) is 0 Å². The summed E-state index contributed by atoms with van der Waals surface area (Å²) in [6, 6.07) is 13.9. The summed E-state index contributed by atoms with van der Waals surface area (Å²) in [7, 11) is 0. The van der Waals surface area contributed by atoms with Crippen molar-refractivity contribution in [2.45, 2.75) is 6.92 Å². The molecule has 0 radical (unpaired) electrons. The number of rotatable bonds is 7. The van der Waals surface area contributed by atoms with Gasteiger partial charge >= 0.3 is 5.97 Å². The van der Waals surface area contributed by atoms with E-state index in [2.05, 4.69) is 5.32 Å². The van der Waals surface area contributed by atoms with E-state index in [1.54, 1.807) is 30.3 Å². The van der Waals surface area contributed by atoms with E-state index in [1.165, 1.54) is 0 Å². The van der Waals surface area contributed by atoms with Gasteiger partial charge in [0.05, 0.1) is 0 Å². The number of aryl methyl sites for hydroxylation is 1. The summed E-state index contributed by atoms with van der Waals surface area (Å²) in [6.07, 6.45) is 0. The highest BCUT2D eigenvalue weighted by atomic mass is 16.5. The number of hydrogen-bond donors (Lipinski definition) is 2. The fourth-order valence-corrected chi connectivity index (χ4v) is 1.83. The van der Waals surface area contributed by atoms with Crippen LogP contribution in [-0.2, 0) is 9.59 Å². The zero-order valence-electron chi connectivity index (χ0n) is 12.6. The quantitative estimate of drug-likeness (QED) is 0.820. The normalized spacial score (nSPS) is 9.96. The number of benzene rings is 2. The molecule has 0 aliphatic rings. The molecular formula is C17H17NO5. The molecule has 6 heteroatoms. The highest BCUT2D eigenvalue weighted by Crippen LogP contribution is 2.16. The van der Waals surface area contributed by atoms with Crippen molar-refractivity contribution in [3.8, 4) is 11.5 Å². The lowest BCUT2D eigenvalue weighted by atomic mass is 10.2. The number of ether oxygens (including phenoxy) is 2. The van der Waals surface area contributed by atoms with Crippen molar-refractivity contribution >= 4 is 17.6 Å². The molecule has 6 nitrogen and oxygen atoms in total. The van der Waals surface area contributed by atoms with Crippen LogP contribution in [0.5, 0.6) is 11.5 Å². The van der Waals surface area contributed by atoms with Crippen molar-refractivity contribution in [2.75, 3.05) is 18.5 Å². The fraction of sp³-hybridized carbons (Fsp3) is 0.176. The molecule has 2 aromatic rings. The topological polar surface area (TPSA) is 84.9 Å². The lowest BCUT2D eigenvalue weighted by Crippen LogP contribution is -2.20. The van der Waals surface area contributed by atoms with E-state index >= 15 is 0 Å². The summed E-state index contributed by atoms with van der Waals surface area (Å²) in [5, 5.41) is 11.2. The molecule has 0 fully saturated rings. The third kappa shape index (κ3) is 5.70. The van der Waals surface area contributed by atoms with Crippen molar-refractivity contribution in [3.63, 3.8) is 0 Å². The van der Waals surface area contributed by atoms with E-state index in [4.69, 9.17) is 14.6 Å². The first kappa shape index (κ1) is 16.4. The molecule has 0 atom stereocenters. The Morgan fingerprint density at radius 3 is 2.35 bits per heavy atom. The third-order valence-corrected chi connectivity index (χ3v) is 2.86. The maximum absolute atomic E-state index is 11.8. The maximum Gasteiger partial charge on any atom is 0.341 e. The Labute approximate surface area is 133 Å². The highest BCUT2D eigenvalue weighted by Gasteiger charge is 2.05. The molecule has 0 saturated carbocycles. The van der Waals surface area contributed by atoms with Crippen LogP contribution in [0, 0.1) is 6.92 Å². The van der Waals surface area contributed by atoms with Crippen LogP contribution in [0.15, 0.2) is 48.5 Å². The molecule has 0 bridgehead atoms. The number of anilines is 1. The average molecular weight is 315 g/mol. The smallest absolute Gasteiger partial charge is 0.341 e. The first-order valence-electron chi connectivity index (χ1n) is 6.97. The van der Waals surface area contributed by atoms with E-state index in [0.29, 0.717) is 17.2 Å². The molecule has 120 valence electrons. The lowest BCUT2D eigenvalue weighted by Gasteiger charge is -2.09. The molecular weight excluding hydrogens is 298 g/mol. The Hall–Kier alpha value is -3.02. The summed E-state index contributed by atoms with van der Waals surface area (Å²) in [6.45, 7) is 1.44. The zero-order chi connectivity index (χ0) is 16.7. The molecule has 0 aliphatic carbocycles. The summed E-state index contributed by atoms with van der Waals surface area (Å²) in [4.78, 5) is 22.2. The summed E-state index contributed by atoms with van der Waals surface area (Å²) < 4.78 is 10.4. The molecule has 0 unspecified atom stereocenters. The minimum Gasteiger partial charge on any atom is -0.484 e. The minimum absolute atomic E-state index is 0.0965. The standard InChI is InChI=1S/C17H17NO5/c1-12-3-2-4-15(9-12)22-10-16(19)18-13-5-7-14(8-6-13)23-11-17(20)21/h2-9H,10-11H2,1H3,(H,18,19)(H,20,21). The van der Waals surface area contributed by atoms with Gasteiger partial charge in [0, 0.05) is 5.69 Å². The summed E-state index contributed by atoms with van der Waals surface area (Å²) in [5.41, 5.74) is 1.63. The summed E-state index contributed by atoms with van der Waals surface area (Å²) in [5.74, 6) is -0.277. The van der Waals surface area contributed by atoms with Gasteiger partial charge in [0.2, 0.25) is 0 Å². The van der Waals surface area contributed by atoms with Gasteiger partial charge < -0.3 is 19.9 Å². The second kappa shape index (κ2) is 7.84. The van der Waals surface area contributed by atoms with Gasteiger partial charge in [-0.15, -0.1) is 0 Å². The van der Waals surface area contributed by atoms with Crippen LogP contribution in [-0.4, -0.2) is 30.2 Å². The number of nitrogens with one attached hydrogen (secondary N) is 1. The first-order chi connectivity index (χ1) is 11.0. The predicted molar refractivity (Wildman–Crippen MR) is 84.9 cm³/mol. The van der Waals surface area contributed by atoms with Crippen LogP contribution in [0.1, 0.15) is 5.56 Å². The molecule has 0 heterocycles. The van der Waals surface area contributed by atoms with Gasteiger partial charge in [-0.3, -0.25) is 4.79 Å². The van der Waals surface area contributed by atoms with Crippen molar-refractivity contribution in [1.29, 1.82) is 0 Å². The SMILES string of the molecule is Cc1cccc(OCC(=O)Nc2ccc(OCC(=O)O)cc2)c1. The lowest BCUT2D eigenvalue weighted by molar-refractivity contribution is -0.139. The van der Waals surface area contributed by atoms with Crippen molar-refractivity contribution in [2.24, 2.45) is 0 Å². The number of carboxylic acids is 1. The van der Waals surface area contributed by atoms with E-state index < -0.39 is 12.6 Å². The second-order valence-corrected chi connectivity index (χ2v) is 4.86. The first-order valence-corrected chi connectivity index (χ1v) is 6.97. The Balaban J connectivity index is 1.81. The number of carbonyl (C=O) groups excluding carboxylic acids is 1. The van der Waals surface area contributed by atoms with Crippen LogP contribution >= 0.6 is 0 Å². The third-order valence-electron chi connectivity index (χ3n) is 2.86. The number of aliphatic carboxylic acids is 1. The Morgan fingerprint density at radius 2 is 1.70 bits per heavy atom. The van der Waals surface area contributed by atoms with Gasteiger partial charge in [0.15, 0.2) is 13.2 Å². The Bertz CT molecular complexity index is 682. The van der Waals surface area contributed by atoms with E-state index in [1.807, 2.05) is 25.1 Å². The van der Waals surface area contributed by atoms with Crippen LogP contribution in [0.2, 0.25) is 0 Å². The second-order valence-electron chi connectivity index (χ2n) is 4.86. The summed E-state index contributed by atoms with van der Waals surface area (Å²) >= 11 is 0. The molecule has 2 aromatic carbocycles. The van der Waals surface area contributed by atoms with E-state index in [0.717, 1.165) is 5.56 Å². The molecule has 1 amide bonds. The van der Waals surface area contributed by atoms with Crippen LogP contribution in [0.4, 0.5) is 5.69 Å². The average Bonchev–Trinajstić information content (AvgIpc) is 2.52.